The molecule has 6 heteroatoms. The Bertz CT molecular complexity index is 858. The summed E-state index contributed by atoms with van der Waals surface area (Å²) in [6.07, 6.45) is 2.28. The Labute approximate surface area is 196 Å². The summed E-state index contributed by atoms with van der Waals surface area (Å²) in [6.45, 7) is 9.94. The topological polar surface area (TPSA) is 36.3 Å². The van der Waals surface area contributed by atoms with E-state index in [1.165, 1.54) is 22.8 Å². The number of hydrogen-bond donors (Lipinski definition) is 2. The SMILES string of the molecule is CC(C)(C)[Si](OC[C@H]1CC[N+]2=C(N1)N[C@@H](CBr)CC2)(c1ccccc1)c1ccccc1. The van der Waals surface area contributed by atoms with Crippen LogP contribution in [0.4, 0.5) is 0 Å². The van der Waals surface area contributed by atoms with Gasteiger partial charge >= 0.3 is 5.96 Å². The van der Waals surface area contributed by atoms with Crippen LogP contribution in [0.15, 0.2) is 60.7 Å². The van der Waals surface area contributed by atoms with Gasteiger partial charge in [-0.05, 0) is 15.4 Å². The zero-order chi connectivity index (χ0) is 21.9. The fourth-order valence-electron chi connectivity index (χ4n) is 4.94. The van der Waals surface area contributed by atoms with E-state index in [1.807, 2.05) is 0 Å². The third-order valence-corrected chi connectivity index (χ3v) is 12.4. The second-order valence-corrected chi connectivity index (χ2v) is 14.7. The molecule has 0 radical (unpaired) electrons. The van der Waals surface area contributed by atoms with Crippen molar-refractivity contribution in [3.8, 4) is 0 Å². The van der Waals surface area contributed by atoms with Crippen LogP contribution >= 0.6 is 15.9 Å². The number of benzene rings is 2. The highest BCUT2D eigenvalue weighted by Crippen LogP contribution is 2.36. The molecule has 0 spiro atoms. The van der Waals surface area contributed by atoms with Crippen LogP contribution in [0, 0.1) is 0 Å². The van der Waals surface area contributed by atoms with E-state index in [4.69, 9.17) is 4.43 Å². The predicted octanol–water partition coefficient (Wildman–Crippen LogP) is 3.05. The minimum absolute atomic E-state index is 0.00764. The van der Waals surface area contributed by atoms with Crippen molar-refractivity contribution >= 4 is 40.6 Å². The van der Waals surface area contributed by atoms with E-state index >= 15 is 0 Å². The first kappa shape index (κ1) is 22.6. The van der Waals surface area contributed by atoms with Gasteiger partial charge in [0.25, 0.3) is 8.32 Å². The standard InChI is InChI=1S/C25H34BrN3OSi/c1-25(2,3)31(22-10-6-4-7-11-22,23-12-8-5-9-13-23)30-19-21-15-17-29-16-14-20(18-26)27-24(29)28-21/h4-13,20-21H,14-19H2,1-3H3,(H,27,28)/p+1/t20-,21-/m1/s1. The van der Waals surface area contributed by atoms with Crippen molar-refractivity contribution in [2.75, 3.05) is 25.0 Å². The van der Waals surface area contributed by atoms with E-state index in [1.54, 1.807) is 0 Å². The molecule has 2 aliphatic rings. The molecule has 2 atom stereocenters. The van der Waals surface area contributed by atoms with Gasteiger partial charge in [-0.25, -0.2) is 0 Å². The molecule has 0 amide bonds. The van der Waals surface area contributed by atoms with Gasteiger partial charge in [0.1, 0.15) is 0 Å². The van der Waals surface area contributed by atoms with Gasteiger partial charge in [0.15, 0.2) is 0 Å². The van der Waals surface area contributed by atoms with Crippen molar-refractivity contribution in [1.29, 1.82) is 0 Å². The minimum atomic E-state index is -2.49. The smallest absolute Gasteiger partial charge is 0.346 e. The molecule has 0 aliphatic carbocycles. The van der Waals surface area contributed by atoms with Crippen molar-refractivity contribution < 1.29 is 9.00 Å². The molecular formula is C25H35BrN3OSi+. The van der Waals surface area contributed by atoms with Crippen LogP contribution in [0.3, 0.4) is 0 Å². The van der Waals surface area contributed by atoms with E-state index in [0.29, 0.717) is 18.7 Å². The van der Waals surface area contributed by atoms with Gasteiger partial charge in [-0.15, -0.1) is 0 Å². The Kier molecular flexibility index (Phi) is 6.89. The Morgan fingerprint density at radius 1 is 0.903 bits per heavy atom. The van der Waals surface area contributed by atoms with Crippen LogP contribution in [-0.2, 0) is 4.43 Å². The van der Waals surface area contributed by atoms with E-state index in [-0.39, 0.29) is 5.04 Å². The van der Waals surface area contributed by atoms with Crippen molar-refractivity contribution in [2.45, 2.75) is 50.7 Å². The first-order valence-electron chi connectivity index (χ1n) is 11.4. The van der Waals surface area contributed by atoms with Crippen LogP contribution in [0.2, 0.25) is 5.04 Å². The number of nitrogens with one attached hydrogen (secondary N) is 2. The summed E-state index contributed by atoms with van der Waals surface area (Å²) in [4.78, 5) is 0. The lowest BCUT2D eigenvalue weighted by Crippen LogP contribution is -2.68. The average molecular weight is 502 g/mol. The summed E-state index contributed by atoms with van der Waals surface area (Å²) in [7, 11) is -2.49. The maximum atomic E-state index is 7.15. The first-order chi connectivity index (χ1) is 14.9. The lowest BCUT2D eigenvalue weighted by Gasteiger charge is -2.44. The highest BCUT2D eigenvalue weighted by molar-refractivity contribution is 9.09. The normalized spacial score (nSPS) is 21.8. The molecule has 166 valence electrons. The number of guanidine groups is 1. The molecule has 0 aromatic heterocycles. The predicted molar refractivity (Wildman–Crippen MR) is 135 cm³/mol. The average Bonchev–Trinajstić information content (AvgIpc) is 2.79. The molecule has 0 unspecified atom stereocenters. The van der Waals surface area contributed by atoms with Crippen LogP contribution in [0.5, 0.6) is 0 Å². The second-order valence-electron chi connectivity index (χ2n) is 9.72. The molecule has 4 rings (SSSR count). The summed E-state index contributed by atoms with van der Waals surface area (Å²) in [5.41, 5.74) is 0. The monoisotopic (exact) mass is 500 g/mol. The quantitative estimate of drug-likeness (QED) is 0.363. The third-order valence-electron chi connectivity index (χ3n) is 6.60. The number of rotatable bonds is 6. The minimum Gasteiger partial charge on any atom is -0.404 e. The Hall–Kier alpha value is -1.63. The molecule has 4 nitrogen and oxygen atoms in total. The molecule has 2 N–H and O–H groups in total. The van der Waals surface area contributed by atoms with Crippen LogP contribution in [0.1, 0.15) is 33.6 Å². The Morgan fingerprint density at radius 3 is 1.94 bits per heavy atom. The van der Waals surface area contributed by atoms with Crippen molar-refractivity contribution in [3.05, 3.63) is 60.7 Å². The Balaban J connectivity index is 1.61. The molecule has 0 saturated heterocycles. The molecule has 0 saturated carbocycles. The maximum absolute atomic E-state index is 7.15. The van der Waals surface area contributed by atoms with E-state index in [2.05, 4.69) is 113 Å². The lowest BCUT2D eigenvalue weighted by atomic mass is 10.1. The summed E-state index contributed by atoms with van der Waals surface area (Å²) < 4.78 is 9.59. The molecule has 31 heavy (non-hydrogen) atoms. The summed E-state index contributed by atoms with van der Waals surface area (Å²) >= 11 is 3.63. The number of halogens is 1. The number of alkyl halides is 1. The fourth-order valence-corrected chi connectivity index (χ4v) is 10.0. The summed E-state index contributed by atoms with van der Waals surface area (Å²) in [6, 6.07) is 22.6. The highest BCUT2D eigenvalue weighted by atomic mass is 79.9. The van der Waals surface area contributed by atoms with E-state index < -0.39 is 8.32 Å². The lowest BCUT2D eigenvalue weighted by molar-refractivity contribution is -0.542. The largest absolute Gasteiger partial charge is 0.404 e. The van der Waals surface area contributed by atoms with Gasteiger partial charge in [0, 0.05) is 18.2 Å². The van der Waals surface area contributed by atoms with Gasteiger partial charge in [0.2, 0.25) is 0 Å². The van der Waals surface area contributed by atoms with E-state index in [0.717, 1.165) is 24.8 Å². The molecule has 0 bridgehead atoms. The Morgan fingerprint density at radius 2 is 1.42 bits per heavy atom. The molecule has 2 aromatic carbocycles. The van der Waals surface area contributed by atoms with Gasteiger partial charge in [-0.1, -0.05) is 97.4 Å². The molecule has 2 aromatic rings. The summed E-state index contributed by atoms with van der Waals surface area (Å²) in [5.74, 6) is 1.18. The van der Waals surface area contributed by atoms with Crippen molar-refractivity contribution in [3.63, 3.8) is 0 Å². The van der Waals surface area contributed by atoms with Crippen LogP contribution in [0.25, 0.3) is 0 Å². The maximum Gasteiger partial charge on any atom is 0.346 e. The fraction of sp³-hybridized carbons (Fsp3) is 0.480. The molecule has 0 fully saturated rings. The van der Waals surface area contributed by atoms with E-state index in [9.17, 15) is 0 Å². The zero-order valence-corrected chi connectivity index (χ0v) is 21.5. The number of nitrogens with zero attached hydrogens (tertiary/aromatic N) is 1. The van der Waals surface area contributed by atoms with Crippen molar-refractivity contribution in [2.24, 2.45) is 0 Å². The van der Waals surface area contributed by atoms with Crippen LogP contribution < -0.4 is 21.0 Å². The first-order valence-corrected chi connectivity index (χ1v) is 14.4. The van der Waals surface area contributed by atoms with Gasteiger partial charge in [-0.2, -0.15) is 0 Å². The van der Waals surface area contributed by atoms with Crippen molar-refractivity contribution in [1.82, 2.24) is 10.6 Å². The molecule has 2 heterocycles. The number of hydrogen-bond acceptors (Lipinski definition) is 3. The van der Waals surface area contributed by atoms with Gasteiger partial charge < -0.3 is 4.43 Å². The van der Waals surface area contributed by atoms with Crippen LogP contribution in [-0.4, -0.2) is 56.0 Å². The zero-order valence-electron chi connectivity index (χ0n) is 18.9. The second kappa shape index (κ2) is 9.47. The van der Waals surface area contributed by atoms with Gasteiger partial charge in [0.05, 0.1) is 31.8 Å². The van der Waals surface area contributed by atoms with Gasteiger partial charge in [-0.3, -0.25) is 15.2 Å². The molecule has 2 aliphatic heterocycles. The highest BCUT2D eigenvalue weighted by Gasteiger charge is 2.50. The summed E-state index contributed by atoms with van der Waals surface area (Å²) in [5, 5.41) is 11.1. The molecular weight excluding hydrogens is 466 g/mol. The third kappa shape index (κ3) is 4.62.